The van der Waals surface area contributed by atoms with Crippen LogP contribution in [0.2, 0.25) is 0 Å². The van der Waals surface area contributed by atoms with Crippen molar-refractivity contribution in [1.82, 2.24) is 0 Å². The number of hydrogen-bond acceptors (Lipinski definition) is 4. The van der Waals surface area contributed by atoms with E-state index in [1.54, 1.807) is 12.1 Å². The Bertz CT molecular complexity index is 731. The molecule has 0 aromatic heterocycles. The van der Waals surface area contributed by atoms with Crippen molar-refractivity contribution in [1.29, 1.82) is 0 Å². The molecule has 0 spiro atoms. The SMILES string of the molecule is Cc1ccc(NC(=O)c2cccc(N)c2[N+](=O)[O-])cc1Br. The zero-order valence-corrected chi connectivity index (χ0v) is 12.7. The summed E-state index contributed by atoms with van der Waals surface area (Å²) < 4.78 is 0.836. The van der Waals surface area contributed by atoms with E-state index in [1.807, 2.05) is 13.0 Å². The van der Waals surface area contributed by atoms with Gasteiger partial charge in [-0.2, -0.15) is 0 Å². The number of carbonyl (C=O) groups excluding carboxylic acids is 1. The van der Waals surface area contributed by atoms with Crippen LogP contribution in [0.5, 0.6) is 0 Å². The van der Waals surface area contributed by atoms with Gasteiger partial charge in [0.15, 0.2) is 0 Å². The average molecular weight is 350 g/mol. The van der Waals surface area contributed by atoms with E-state index in [0.29, 0.717) is 5.69 Å². The van der Waals surface area contributed by atoms with Crippen LogP contribution in [0.15, 0.2) is 40.9 Å². The van der Waals surface area contributed by atoms with Gasteiger partial charge in [0.2, 0.25) is 0 Å². The number of halogens is 1. The number of aryl methyl sites for hydroxylation is 1. The van der Waals surface area contributed by atoms with Crippen molar-refractivity contribution < 1.29 is 9.72 Å². The number of nitrogens with one attached hydrogen (secondary N) is 1. The lowest BCUT2D eigenvalue weighted by Crippen LogP contribution is -2.15. The summed E-state index contributed by atoms with van der Waals surface area (Å²) in [7, 11) is 0. The summed E-state index contributed by atoms with van der Waals surface area (Å²) in [6, 6.07) is 9.53. The molecule has 0 saturated heterocycles. The lowest BCUT2D eigenvalue weighted by Gasteiger charge is -2.08. The molecule has 0 fully saturated rings. The van der Waals surface area contributed by atoms with Gasteiger partial charge in [-0.3, -0.25) is 14.9 Å². The van der Waals surface area contributed by atoms with E-state index in [4.69, 9.17) is 5.73 Å². The molecule has 1 amide bonds. The standard InChI is InChI=1S/C14H12BrN3O3/c1-8-5-6-9(7-11(8)15)17-14(19)10-3-2-4-12(16)13(10)18(20)21/h2-7H,16H2,1H3,(H,17,19). The zero-order chi connectivity index (χ0) is 15.6. The summed E-state index contributed by atoms with van der Waals surface area (Å²) in [5.41, 5.74) is 6.62. The molecule has 0 bridgehead atoms. The van der Waals surface area contributed by atoms with E-state index in [1.165, 1.54) is 18.2 Å². The Morgan fingerprint density at radius 2 is 2.05 bits per heavy atom. The van der Waals surface area contributed by atoms with Crippen molar-refractivity contribution in [3.63, 3.8) is 0 Å². The van der Waals surface area contributed by atoms with E-state index in [9.17, 15) is 14.9 Å². The number of nitro benzene ring substituents is 1. The minimum Gasteiger partial charge on any atom is -0.393 e. The number of nitrogens with two attached hydrogens (primary N) is 1. The highest BCUT2D eigenvalue weighted by Gasteiger charge is 2.23. The smallest absolute Gasteiger partial charge is 0.304 e. The maximum absolute atomic E-state index is 12.2. The molecule has 3 N–H and O–H groups in total. The number of anilines is 2. The van der Waals surface area contributed by atoms with Gasteiger partial charge in [-0.1, -0.05) is 28.1 Å². The number of benzene rings is 2. The first-order valence-corrected chi connectivity index (χ1v) is 6.80. The molecule has 2 aromatic rings. The van der Waals surface area contributed by atoms with Crippen LogP contribution >= 0.6 is 15.9 Å². The van der Waals surface area contributed by atoms with Crippen LogP contribution in [-0.2, 0) is 0 Å². The number of amides is 1. The molecule has 0 aliphatic heterocycles. The Morgan fingerprint density at radius 3 is 2.67 bits per heavy atom. The monoisotopic (exact) mass is 349 g/mol. The Balaban J connectivity index is 2.35. The lowest BCUT2D eigenvalue weighted by molar-refractivity contribution is -0.384. The van der Waals surface area contributed by atoms with Crippen molar-refractivity contribution in [2.45, 2.75) is 6.92 Å². The van der Waals surface area contributed by atoms with E-state index >= 15 is 0 Å². The van der Waals surface area contributed by atoms with Crippen molar-refractivity contribution in [3.8, 4) is 0 Å². The molecule has 0 heterocycles. The molecule has 0 saturated carbocycles. The highest BCUT2D eigenvalue weighted by molar-refractivity contribution is 9.10. The predicted octanol–water partition coefficient (Wildman–Crippen LogP) is 3.50. The fraction of sp³-hybridized carbons (Fsp3) is 0.0714. The topological polar surface area (TPSA) is 98.3 Å². The highest BCUT2D eigenvalue weighted by atomic mass is 79.9. The first-order chi connectivity index (χ1) is 9.90. The van der Waals surface area contributed by atoms with Gasteiger partial charge in [-0.05, 0) is 36.8 Å². The second-order valence-corrected chi connectivity index (χ2v) is 5.27. The lowest BCUT2D eigenvalue weighted by atomic mass is 10.1. The van der Waals surface area contributed by atoms with Crippen molar-refractivity contribution in [2.24, 2.45) is 0 Å². The summed E-state index contributed by atoms with van der Waals surface area (Å²) in [5, 5.41) is 13.7. The Hall–Kier alpha value is -2.41. The van der Waals surface area contributed by atoms with Crippen molar-refractivity contribution in [2.75, 3.05) is 11.1 Å². The third kappa shape index (κ3) is 3.19. The van der Waals surface area contributed by atoms with Gasteiger partial charge < -0.3 is 11.1 Å². The number of nitro groups is 1. The molecule has 2 aromatic carbocycles. The van der Waals surface area contributed by atoms with Crippen LogP contribution in [-0.4, -0.2) is 10.8 Å². The van der Waals surface area contributed by atoms with Gasteiger partial charge >= 0.3 is 5.69 Å². The van der Waals surface area contributed by atoms with Crippen LogP contribution in [0, 0.1) is 17.0 Å². The van der Waals surface area contributed by atoms with E-state index in [2.05, 4.69) is 21.2 Å². The fourth-order valence-electron chi connectivity index (χ4n) is 1.82. The van der Waals surface area contributed by atoms with Gasteiger partial charge in [0, 0.05) is 10.2 Å². The van der Waals surface area contributed by atoms with Gasteiger partial charge in [0.1, 0.15) is 11.3 Å². The summed E-state index contributed by atoms with van der Waals surface area (Å²) in [5.74, 6) is -0.579. The molecular weight excluding hydrogens is 338 g/mol. The highest BCUT2D eigenvalue weighted by Crippen LogP contribution is 2.27. The molecule has 21 heavy (non-hydrogen) atoms. The molecule has 108 valence electrons. The fourth-order valence-corrected chi connectivity index (χ4v) is 2.20. The first-order valence-electron chi connectivity index (χ1n) is 6.00. The number of rotatable bonds is 3. The van der Waals surface area contributed by atoms with Crippen LogP contribution in [0.3, 0.4) is 0 Å². The summed E-state index contributed by atoms with van der Waals surface area (Å²) in [4.78, 5) is 22.6. The minimum absolute atomic E-state index is 0.0438. The predicted molar refractivity (Wildman–Crippen MR) is 84.3 cm³/mol. The zero-order valence-electron chi connectivity index (χ0n) is 11.1. The second-order valence-electron chi connectivity index (χ2n) is 4.42. The largest absolute Gasteiger partial charge is 0.393 e. The number of nitrogens with zero attached hydrogens (tertiary/aromatic N) is 1. The number of hydrogen-bond donors (Lipinski definition) is 2. The van der Waals surface area contributed by atoms with Crippen LogP contribution in [0.1, 0.15) is 15.9 Å². The van der Waals surface area contributed by atoms with Gasteiger partial charge in [0.05, 0.1) is 4.92 Å². The number of carbonyl (C=O) groups is 1. The van der Waals surface area contributed by atoms with Gasteiger partial charge in [-0.15, -0.1) is 0 Å². The summed E-state index contributed by atoms with van der Waals surface area (Å²) >= 11 is 3.36. The third-order valence-electron chi connectivity index (χ3n) is 2.92. The van der Waals surface area contributed by atoms with E-state index < -0.39 is 10.8 Å². The molecule has 0 atom stereocenters. The third-order valence-corrected chi connectivity index (χ3v) is 3.78. The maximum Gasteiger partial charge on any atom is 0.304 e. The number of para-hydroxylation sites is 1. The van der Waals surface area contributed by atoms with Crippen molar-refractivity contribution >= 4 is 38.9 Å². The van der Waals surface area contributed by atoms with Crippen LogP contribution in [0.25, 0.3) is 0 Å². The Morgan fingerprint density at radius 1 is 1.33 bits per heavy atom. The molecule has 0 unspecified atom stereocenters. The molecule has 0 aliphatic rings. The minimum atomic E-state index is -0.657. The molecule has 0 aliphatic carbocycles. The normalized spacial score (nSPS) is 10.2. The summed E-state index contributed by atoms with van der Waals surface area (Å²) in [6.07, 6.45) is 0. The molecular formula is C14H12BrN3O3. The quantitative estimate of drug-likeness (QED) is 0.503. The van der Waals surface area contributed by atoms with Crippen LogP contribution in [0.4, 0.5) is 17.1 Å². The average Bonchev–Trinajstić information content (AvgIpc) is 2.42. The Kier molecular flexibility index (Phi) is 4.23. The van der Waals surface area contributed by atoms with Crippen molar-refractivity contribution in [3.05, 3.63) is 62.1 Å². The molecule has 6 nitrogen and oxygen atoms in total. The van der Waals surface area contributed by atoms with Crippen LogP contribution < -0.4 is 11.1 Å². The van der Waals surface area contributed by atoms with Gasteiger partial charge in [0.25, 0.3) is 5.91 Å². The molecule has 7 heteroatoms. The second kappa shape index (κ2) is 5.92. The maximum atomic E-state index is 12.2. The Labute approximate surface area is 129 Å². The summed E-state index contributed by atoms with van der Waals surface area (Å²) in [6.45, 7) is 1.92. The van der Waals surface area contributed by atoms with E-state index in [-0.39, 0.29) is 16.9 Å². The molecule has 0 radical (unpaired) electrons. The number of nitrogen functional groups attached to an aromatic ring is 1. The first kappa shape index (κ1) is 15.0. The van der Waals surface area contributed by atoms with Gasteiger partial charge in [-0.25, -0.2) is 0 Å². The molecule has 2 rings (SSSR count). The van der Waals surface area contributed by atoms with E-state index in [0.717, 1.165) is 10.0 Å².